The smallest absolute Gasteiger partial charge is 0.253 e. The van der Waals surface area contributed by atoms with Crippen LogP contribution >= 0.6 is 11.6 Å². The molecule has 0 radical (unpaired) electrons. The van der Waals surface area contributed by atoms with Crippen LogP contribution in [0.25, 0.3) is 10.9 Å². The lowest BCUT2D eigenvalue weighted by Gasteiger charge is -2.24. The highest BCUT2D eigenvalue weighted by Crippen LogP contribution is 2.27. The van der Waals surface area contributed by atoms with E-state index in [-0.39, 0.29) is 10.8 Å². The maximum absolute atomic E-state index is 12.9. The Kier molecular flexibility index (Phi) is 5.62. The first kappa shape index (κ1) is 20.6. The van der Waals surface area contributed by atoms with E-state index >= 15 is 0 Å². The topological polar surface area (TPSA) is 83.5 Å². The van der Waals surface area contributed by atoms with Crippen molar-refractivity contribution in [2.45, 2.75) is 11.3 Å². The van der Waals surface area contributed by atoms with E-state index in [1.165, 1.54) is 12.6 Å². The molecule has 2 aromatic carbocycles. The standard InChI is InChI=1S/C21H21ClN4O3S/c1-30(28,29)17-6-7-19-18(13-17)20(24-14-23-19)25-8-3-9-26(11-10-25)21(27)15-4-2-5-16(22)12-15/h2,4-7,12-14H,3,8-11H2,1H3. The average Bonchev–Trinajstić information content (AvgIpc) is 2.98. The zero-order chi connectivity index (χ0) is 21.3. The number of carbonyl (C=O) groups is 1. The van der Waals surface area contributed by atoms with Gasteiger partial charge in [-0.15, -0.1) is 0 Å². The molecule has 0 unspecified atom stereocenters. The van der Waals surface area contributed by atoms with Crippen molar-refractivity contribution in [2.75, 3.05) is 37.3 Å². The number of fused-ring (bicyclic) bond motifs is 1. The molecule has 30 heavy (non-hydrogen) atoms. The molecule has 1 aliphatic rings. The molecule has 1 saturated heterocycles. The minimum Gasteiger partial charge on any atom is -0.354 e. The molecule has 156 valence electrons. The fourth-order valence-corrected chi connectivity index (χ4v) is 4.48. The highest BCUT2D eigenvalue weighted by atomic mass is 35.5. The van der Waals surface area contributed by atoms with Crippen molar-refractivity contribution >= 4 is 44.1 Å². The van der Waals surface area contributed by atoms with Gasteiger partial charge >= 0.3 is 0 Å². The first-order valence-electron chi connectivity index (χ1n) is 9.57. The molecule has 1 aromatic heterocycles. The third kappa shape index (κ3) is 4.24. The van der Waals surface area contributed by atoms with Crippen molar-refractivity contribution in [3.8, 4) is 0 Å². The molecule has 1 fully saturated rings. The second kappa shape index (κ2) is 8.20. The van der Waals surface area contributed by atoms with Crippen LogP contribution in [0, 0.1) is 0 Å². The van der Waals surface area contributed by atoms with E-state index in [2.05, 4.69) is 14.9 Å². The van der Waals surface area contributed by atoms with Crippen molar-refractivity contribution in [2.24, 2.45) is 0 Å². The summed E-state index contributed by atoms with van der Waals surface area (Å²) in [6.07, 6.45) is 3.43. The predicted octanol–water partition coefficient (Wildman–Crippen LogP) is 3.04. The SMILES string of the molecule is CS(=O)(=O)c1ccc2ncnc(N3CCCN(C(=O)c4cccc(Cl)c4)CC3)c2c1. The van der Waals surface area contributed by atoms with Crippen LogP contribution in [-0.2, 0) is 9.84 Å². The summed E-state index contributed by atoms with van der Waals surface area (Å²) in [7, 11) is -3.34. The highest BCUT2D eigenvalue weighted by molar-refractivity contribution is 7.90. The van der Waals surface area contributed by atoms with Crippen LogP contribution in [0.1, 0.15) is 16.8 Å². The minimum absolute atomic E-state index is 0.0498. The monoisotopic (exact) mass is 444 g/mol. The van der Waals surface area contributed by atoms with Crippen LogP contribution in [0.3, 0.4) is 0 Å². The number of hydrogen-bond donors (Lipinski definition) is 0. The van der Waals surface area contributed by atoms with Crippen LogP contribution in [0.4, 0.5) is 5.82 Å². The molecule has 0 N–H and O–H groups in total. The van der Waals surface area contributed by atoms with Gasteiger partial charge in [0.2, 0.25) is 0 Å². The maximum atomic E-state index is 12.9. The van der Waals surface area contributed by atoms with E-state index in [9.17, 15) is 13.2 Å². The Labute approximate surface area is 180 Å². The fourth-order valence-electron chi connectivity index (χ4n) is 3.64. The largest absolute Gasteiger partial charge is 0.354 e. The first-order valence-corrected chi connectivity index (χ1v) is 11.8. The van der Waals surface area contributed by atoms with Crippen molar-refractivity contribution in [3.05, 3.63) is 59.4 Å². The molecule has 0 atom stereocenters. The average molecular weight is 445 g/mol. The second-order valence-electron chi connectivity index (χ2n) is 7.29. The van der Waals surface area contributed by atoms with Crippen LogP contribution in [0.5, 0.6) is 0 Å². The second-order valence-corrected chi connectivity index (χ2v) is 9.74. The number of rotatable bonds is 3. The molecule has 9 heteroatoms. The molecule has 7 nitrogen and oxygen atoms in total. The van der Waals surface area contributed by atoms with Gasteiger partial charge < -0.3 is 9.80 Å². The number of amides is 1. The van der Waals surface area contributed by atoms with Crippen molar-refractivity contribution in [1.82, 2.24) is 14.9 Å². The molecule has 0 saturated carbocycles. The Hall–Kier alpha value is -2.71. The number of nitrogens with zero attached hydrogens (tertiary/aromatic N) is 4. The van der Waals surface area contributed by atoms with E-state index in [1.54, 1.807) is 42.5 Å². The van der Waals surface area contributed by atoms with E-state index in [4.69, 9.17) is 11.6 Å². The van der Waals surface area contributed by atoms with Crippen LogP contribution in [0.15, 0.2) is 53.7 Å². The summed E-state index contributed by atoms with van der Waals surface area (Å²) >= 11 is 6.03. The van der Waals surface area contributed by atoms with Gasteiger partial charge in [0.15, 0.2) is 9.84 Å². The lowest BCUT2D eigenvalue weighted by molar-refractivity contribution is 0.0767. The molecule has 1 amide bonds. The highest BCUT2D eigenvalue weighted by Gasteiger charge is 2.22. The lowest BCUT2D eigenvalue weighted by atomic mass is 10.2. The summed E-state index contributed by atoms with van der Waals surface area (Å²) in [5.74, 6) is 0.633. The zero-order valence-corrected chi connectivity index (χ0v) is 18.0. The van der Waals surface area contributed by atoms with Gasteiger partial charge in [0.1, 0.15) is 12.1 Å². The molecule has 4 rings (SSSR count). The van der Waals surface area contributed by atoms with Gasteiger partial charge in [0, 0.05) is 48.4 Å². The van der Waals surface area contributed by atoms with Crippen LogP contribution in [0.2, 0.25) is 5.02 Å². The quantitative estimate of drug-likeness (QED) is 0.617. The molecule has 3 aromatic rings. The summed E-state index contributed by atoms with van der Waals surface area (Å²) in [5, 5.41) is 1.22. The van der Waals surface area contributed by atoms with Gasteiger partial charge in [-0.1, -0.05) is 17.7 Å². The van der Waals surface area contributed by atoms with Gasteiger partial charge in [-0.05, 0) is 42.8 Å². The summed E-state index contributed by atoms with van der Waals surface area (Å²) in [6.45, 7) is 2.44. The number of carbonyl (C=O) groups excluding carboxylic acids is 1. The molecule has 0 bridgehead atoms. The van der Waals surface area contributed by atoms with E-state index in [1.807, 2.05) is 4.90 Å². The minimum atomic E-state index is -3.34. The number of sulfone groups is 1. The lowest BCUT2D eigenvalue weighted by Crippen LogP contribution is -2.35. The van der Waals surface area contributed by atoms with Crippen molar-refractivity contribution < 1.29 is 13.2 Å². The van der Waals surface area contributed by atoms with Crippen molar-refractivity contribution in [3.63, 3.8) is 0 Å². The molecule has 0 spiro atoms. The summed E-state index contributed by atoms with van der Waals surface area (Å²) in [5.41, 5.74) is 1.25. The predicted molar refractivity (Wildman–Crippen MR) is 117 cm³/mol. The Morgan fingerprint density at radius 1 is 1.03 bits per heavy atom. The summed E-state index contributed by atoms with van der Waals surface area (Å²) in [6, 6.07) is 11.8. The maximum Gasteiger partial charge on any atom is 0.253 e. The number of benzene rings is 2. The Balaban J connectivity index is 1.60. The van der Waals surface area contributed by atoms with Gasteiger partial charge in [-0.3, -0.25) is 4.79 Å². The zero-order valence-electron chi connectivity index (χ0n) is 16.5. The molecule has 0 aliphatic carbocycles. The van der Waals surface area contributed by atoms with E-state index in [0.29, 0.717) is 53.5 Å². The van der Waals surface area contributed by atoms with Gasteiger partial charge in [-0.25, -0.2) is 18.4 Å². The number of anilines is 1. The van der Waals surface area contributed by atoms with Crippen LogP contribution in [-0.4, -0.2) is 61.6 Å². The molecule has 1 aliphatic heterocycles. The molecular weight excluding hydrogens is 424 g/mol. The van der Waals surface area contributed by atoms with Crippen molar-refractivity contribution in [1.29, 1.82) is 0 Å². The summed E-state index contributed by atoms with van der Waals surface area (Å²) in [4.78, 5) is 25.7. The van der Waals surface area contributed by atoms with Crippen LogP contribution < -0.4 is 4.90 Å². The normalized spacial score (nSPS) is 15.3. The third-order valence-electron chi connectivity index (χ3n) is 5.17. The number of aromatic nitrogens is 2. The number of hydrogen-bond acceptors (Lipinski definition) is 6. The Morgan fingerprint density at radius 3 is 2.63 bits per heavy atom. The third-order valence-corrected chi connectivity index (χ3v) is 6.51. The Bertz CT molecular complexity index is 1220. The van der Waals surface area contributed by atoms with Gasteiger partial charge in [0.25, 0.3) is 5.91 Å². The Morgan fingerprint density at radius 2 is 1.87 bits per heavy atom. The van der Waals surface area contributed by atoms with Gasteiger partial charge in [-0.2, -0.15) is 0 Å². The van der Waals surface area contributed by atoms with E-state index in [0.717, 1.165) is 6.42 Å². The first-order chi connectivity index (χ1) is 14.3. The summed E-state index contributed by atoms with van der Waals surface area (Å²) < 4.78 is 24.0. The van der Waals surface area contributed by atoms with Gasteiger partial charge in [0.05, 0.1) is 10.4 Å². The number of halogens is 1. The van der Waals surface area contributed by atoms with E-state index < -0.39 is 9.84 Å². The molecular formula is C21H21ClN4O3S. The molecule has 2 heterocycles. The fraction of sp³-hybridized carbons (Fsp3) is 0.286.